The number of aromatic nitrogens is 2. The van der Waals surface area contributed by atoms with E-state index in [9.17, 15) is 9.59 Å². The molecule has 0 radical (unpaired) electrons. The summed E-state index contributed by atoms with van der Waals surface area (Å²) in [6.45, 7) is 3.24. The van der Waals surface area contributed by atoms with Crippen LogP contribution in [0.2, 0.25) is 0 Å². The number of hydrogen-bond acceptors (Lipinski definition) is 5. The predicted octanol–water partition coefficient (Wildman–Crippen LogP) is 1.81. The lowest BCUT2D eigenvalue weighted by atomic mass is 10.0. The summed E-state index contributed by atoms with van der Waals surface area (Å²) >= 11 is 1.55. The molecule has 0 saturated carbocycles. The minimum absolute atomic E-state index is 0.000731. The van der Waals surface area contributed by atoms with E-state index in [4.69, 9.17) is 0 Å². The molecule has 3 heterocycles. The van der Waals surface area contributed by atoms with Crippen LogP contribution in [-0.2, 0) is 11.2 Å². The third-order valence-electron chi connectivity index (χ3n) is 4.08. The van der Waals surface area contributed by atoms with Gasteiger partial charge in [0.15, 0.2) is 0 Å². The molecular weight excluding hydrogens is 324 g/mol. The van der Waals surface area contributed by atoms with Crippen molar-refractivity contribution in [3.63, 3.8) is 0 Å². The van der Waals surface area contributed by atoms with Crippen LogP contribution in [0.4, 0.5) is 0 Å². The van der Waals surface area contributed by atoms with Crippen molar-refractivity contribution in [1.29, 1.82) is 0 Å². The van der Waals surface area contributed by atoms with Crippen molar-refractivity contribution in [2.45, 2.75) is 32.2 Å². The lowest BCUT2D eigenvalue weighted by molar-refractivity contribution is -0.121. The van der Waals surface area contributed by atoms with Crippen LogP contribution in [0.5, 0.6) is 0 Å². The van der Waals surface area contributed by atoms with Gasteiger partial charge in [-0.3, -0.25) is 14.6 Å². The van der Waals surface area contributed by atoms with E-state index in [1.54, 1.807) is 35.9 Å². The molecule has 1 fully saturated rings. The second kappa shape index (κ2) is 7.53. The van der Waals surface area contributed by atoms with Crippen LogP contribution in [0.1, 0.15) is 33.9 Å². The van der Waals surface area contributed by atoms with Crippen LogP contribution >= 0.6 is 11.3 Å². The second-order valence-corrected chi connectivity index (χ2v) is 6.97. The molecule has 3 rings (SSSR count). The van der Waals surface area contributed by atoms with Gasteiger partial charge >= 0.3 is 0 Å². The van der Waals surface area contributed by atoms with Crippen molar-refractivity contribution >= 4 is 23.2 Å². The standard InChI is InChI=1S/C17H20N4O2S/c1-12-19-15(11-24-12)10-16(22)20-14-4-8-21(9-5-14)17(23)13-2-6-18-7-3-13/h2-3,6-7,11,14H,4-5,8-10H2,1H3,(H,20,22). The fourth-order valence-corrected chi connectivity index (χ4v) is 3.45. The molecule has 24 heavy (non-hydrogen) atoms. The summed E-state index contributed by atoms with van der Waals surface area (Å²) in [6.07, 6.45) is 5.12. The molecule has 0 aliphatic carbocycles. The first-order chi connectivity index (χ1) is 11.6. The first kappa shape index (κ1) is 16.6. The Morgan fingerprint density at radius 2 is 2.00 bits per heavy atom. The molecule has 1 aliphatic rings. The van der Waals surface area contributed by atoms with Crippen molar-refractivity contribution in [2.75, 3.05) is 13.1 Å². The quantitative estimate of drug-likeness (QED) is 0.918. The van der Waals surface area contributed by atoms with Gasteiger partial charge in [0.05, 0.1) is 17.1 Å². The molecule has 7 heteroatoms. The highest BCUT2D eigenvalue weighted by atomic mass is 32.1. The average molecular weight is 344 g/mol. The second-order valence-electron chi connectivity index (χ2n) is 5.90. The highest BCUT2D eigenvalue weighted by Crippen LogP contribution is 2.14. The van der Waals surface area contributed by atoms with Crippen LogP contribution < -0.4 is 5.32 Å². The zero-order valence-electron chi connectivity index (χ0n) is 13.6. The van der Waals surface area contributed by atoms with Gasteiger partial charge in [-0.2, -0.15) is 0 Å². The number of hydrogen-bond donors (Lipinski definition) is 1. The van der Waals surface area contributed by atoms with Crippen LogP contribution in [0, 0.1) is 6.92 Å². The maximum atomic E-state index is 12.4. The first-order valence-electron chi connectivity index (χ1n) is 8.01. The Balaban J connectivity index is 1.46. The van der Waals surface area contributed by atoms with E-state index in [2.05, 4.69) is 15.3 Å². The van der Waals surface area contributed by atoms with E-state index in [0.29, 0.717) is 25.1 Å². The van der Waals surface area contributed by atoms with Gasteiger partial charge in [0.2, 0.25) is 5.91 Å². The van der Waals surface area contributed by atoms with Crippen molar-refractivity contribution in [3.8, 4) is 0 Å². The van der Waals surface area contributed by atoms with Crippen molar-refractivity contribution in [3.05, 3.63) is 46.2 Å². The molecule has 2 amide bonds. The molecule has 1 N–H and O–H groups in total. The van der Waals surface area contributed by atoms with Gasteiger partial charge in [-0.1, -0.05) is 0 Å². The third-order valence-corrected chi connectivity index (χ3v) is 4.91. The summed E-state index contributed by atoms with van der Waals surface area (Å²) in [5.74, 6) is 0.0272. The molecule has 2 aromatic heterocycles. The largest absolute Gasteiger partial charge is 0.353 e. The monoisotopic (exact) mass is 344 g/mol. The summed E-state index contributed by atoms with van der Waals surface area (Å²) in [5, 5.41) is 5.95. The molecule has 6 nitrogen and oxygen atoms in total. The lowest BCUT2D eigenvalue weighted by Crippen LogP contribution is -2.46. The number of aryl methyl sites for hydroxylation is 1. The minimum Gasteiger partial charge on any atom is -0.353 e. The fraction of sp³-hybridized carbons (Fsp3) is 0.412. The van der Waals surface area contributed by atoms with Crippen LogP contribution in [0.15, 0.2) is 29.9 Å². The normalized spacial score (nSPS) is 15.3. The van der Waals surface area contributed by atoms with Gasteiger partial charge in [-0.25, -0.2) is 4.98 Å². The third kappa shape index (κ3) is 4.17. The Morgan fingerprint density at radius 1 is 1.29 bits per heavy atom. The minimum atomic E-state index is -0.000731. The van der Waals surface area contributed by atoms with E-state index in [-0.39, 0.29) is 17.9 Å². The van der Waals surface area contributed by atoms with Crippen LogP contribution in [0.3, 0.4) is 0 Å². The number of carbonyl (C=O) groups is 2. The molecule has 0 unspecified atom stereocenters. The molecule has 0 spiro atoms. The zero-order valence-corrected chi connectivity index (χ0v) is 14.4. The van der Waals surface area contributed by atoms with Gasteiger partial charge in [-0.05, 0) is 31.9 Å². The number of likely N-dealkylation sites (tertiary alicyclic amines) is 1. The molecule has 0 aromatic carbocycles. The molecule has 1 aliphatic heterocycles. The van der Waals surface area contributed by atoms with Crippen molar-refractivity contribution in [1.82, 2.24) is 20.2 Å². The molecule has 0 bridgehead atoms. The molecule has 2 aromatic rings. The van der Waals surface area contributed by atoms with E-state index in [0.717, 1.165) is 23.5 Å². The molecule has 0 atom stereocenters. The van der Waals surface area contributed by atoms with Crippen molar-refractivity contribution in [2.24, 2.45) is 0 Å². The Labute approximate surface area is 144 Å². The smallest absolute Gasteiger partial charge is 0.253 e. The number of carbonyl (C=O) groups excluding carboxylic acids is 2. The Morgan fingerprint density at radius 3 is 2.62 bits per heavy atom. The number of thiazole rings is 1. The summed E-state index contributed by atoms with van der Waals surface area (Å²) < 4.78 is 0. The number of amides is 2. The van der Waals surface area contributed by atoms with E-state index in [1.165, 1.54) is 0 Å². The maximum Gasteiger partial charge on any atom is 0.253 e. The number of piperidine rings is 1. The van der Waals surface area contributed by atoms with Gasteiger partial charge in [0.1, 0.15) is 0 Å². The van der Waals surface area contributed by atoms with E-state index < -0.39 is 0 Å². The Bertz CT molecular complexity index is 708. The predicted molar refractivity (Wildman–Crippen MR) is 91.9 cm³/mol. The molecular formula is C17H20N4O2S. The van der Waals surface area contributed by atoms with E-state index >= 15 is 0 Å². The number of nitrogens with zero attached hydrogens (tertiary/aromatic N) is 3. The Kier molecular flexibility index (Phi) is 5.20. The molecule has 126 valence electrons. The SMILES string of the molecule is Cc1nc(CC(=O)NC2CCN(C(=O)c3ccncc3)CC2)cs1. The summed E-state index contributed by atoms with van der Waals surface area (Å²) in [5.41, 5.74) is 1.48. The fourth-order valence-electron chi connectivity index (χ4n) is 2.84. The number of nitrogens with one attached hydrogen (secondary N) is 1. The van der Waals surface area contributed by atoms with Crippen LogP contribution in [0.25, 0.3) is 0 Å². The summed E-state index contributed by atoms with van der Waals surface area (Å²) in [6, 6.07) is 3.58. The van der Waals surface area contributed by atoms with Gasteiger partial charge in [0.25, 0.3) is 5.91 Å². The maximum absolute atomic E-state index is 12.4. The number of rotatable bonds is 4. The highest BCUT2D eigenvalue weighted by molar-refractivity contribution is 7.09. The van der Waals surface area contributed by atoms with Gasteiger partial charge in [-0.15, -0.1) is 11.3 Å². The first-order valence-corrected chi connectivity index (χ1v) is 8.89. The number of pyridine rings is 1. The topological polar surface area (TPSA) is 75.2 Å². The van der Waals surface area contributed by atoms with Gasteiger partial charge in [0, 0.05) is 42.5 Å². The van der Waals surface area contributed by atoms with Crippen molar-refractivity contribution < 1.29 is 9.59 Å². The lowest BCUT2D eigenvalue weighted by Gasteiger charge is -2.32. The Hall–Kier alpha value is -2.28. The highest BCUT2D eigenvalue weighted by Gasteiger charge is 2.24. The van der Waals surface area contributed by atoms with Crippen LogP contribution in [-0.4, -0.2) is 45.8 Å². The van der Waals surface area contributed by atoms with Gasteiger partial charge < -0.3 is 10.2 Å². The average Bonchev–Trinajstić information content (AvgIpc) is 3.00. The summed E-state index contributed by atoms with van der Waals surface area (Å²) in [4.78, 5) is 34.5. The van der Waals surface area contributed by atoms with E-state index in [1.807, 2.05) is 17.2 Å². The zero-order chi connectivity index (χ0) is 16.9. The summed E-state index contributed by atoms with van der Waals surface area (Å²) in [7, 11) is 0. The molecule has 1 saturated heterocycles.